The summed E-state index contributed by atoms with van der Waals surface area (Å²) >= 11 is 0. The van der Waals surface area contributed by atoms with Gasteiger partial charge in [0, 0.05) is 0 Å². The highest BCUT2D eigenvalue weighted by atomic mass is 16.6. The van der Waals surface area contributed by atoms with Crippen LogP contribution in [0, 0.1) is 0 Å². The molecule has 0 aromatic rings. The zero-order valence-corrected chi connectivity index (χ0v) is 17.5. The standard InChI is InChI=1S/C18H32O15/c1-4-7(22)10(25)12(27)14(32-4)16(30)18(31,15(29)8(23)5(21)2-19)17-13(28)11(26)9(24)6(3-20)33-17/h4-15,17,19-29,31H,2-3H2,1H3/t4-,5+,6+,7-,8-,9+,10+,11-,12+,13-,14?,15-,17?,18+/m0/s1. The molecule has 12 N–H and O–H groups in total. The molecule has 15 nitrogen and oxygen atoms in total. The van der Waals surface area contributed by atoms with E-state index in [9.17, 15) is 61.0 Å². The minimum atomic E-state index is -3.53. The van der Waals surface area contributed by atoms with Gasteiger partial charge in [-0.05, 0) is 6.92 Å². The lowest BCUT2D eigenvalue weighted by Crippen LogP contribution is -2.75. The van der Waals surface area contributed by atoms with Crippen molar-refractivity contribution in [1.29, 1.82) is 0 Å². The van der Waals surface area contributed by atoms with Gasteiger partial charge in [0.15, 0.2) is 5.60 Å². The van der Waals surface area contributed by atoms with Crippen LogP contribution < -0.4 is 0 Å². The van der Waals surface area contributed by atoms with Gasteiger partial charge in [-0.15, -0.1) is 0 Å². The first-order chi connectivity index (χ1) is 15.2. The Bertz CT molecular complexity index is 663. The summed E-state index contributed by atoms with van der Waals surface area (Å²) in [6, 6.07) is 0. The fourth-order valence-electron chi connectivity index (χ4n) is 3.99. The van der Waals surface area contributed by atoms with Crippen LogP contribution in [-0.4, -0.2) is 165 Å². The molecule has 0 radical (unpaired) electrons. The molecule has 2 heterocycles. The van der Waals surface area contributed by atoms with Gasteiger partial charge in [0.2, 0.25) is 5.78 Å². The van der Waals surface area contributed by atoms with Gasteiger partial charge in [0.25, 0.3) is 0 Å². The van der Waals surface area contributed by atoms with Crippen molar-refractivity contribution in [1.82, 2.24) is 0 Å². The van der Waals surface area contributed by atoms with Crippen LogP contribution in [-0.2, 0) is 14.3 Å². The monoisotopic (exact) mass is 488 g/mol. The predicted octanol–water partition coefficient (Wildman–Crippen LogP) is -7.93. The predicted molar refractivity (Wildman–Crippen MR) is 101 cm³/mol. The Morgan fingerprint density at radius 3 is 1.91 bits per heavy atom. The van der Waals surface area contributed by atoms with Crippen molar-refractivity contribution in [3.63, 3.8) is 0 Å². The van der Waals surface area contributed by atoms with Crippen LogP contribution >= 0.6 is 0 Å². The molecule has 14 atom stereocenters. The van der Waals surface area contributed by atoms with Gasteiger partial charge in [-0.2, -0.15) is 0 Å². The average molecular weight is 488 g/mol. The first-order valence-electron chi connectivity index (χ1n) is 10.2. The fourth-order valence-corrected chi connectivity index (χ4v) is 3.99. The molecule has 2 unspecified atom stereocenters. The number of rotatable bonds is 8. The van der Waals surface area contributed by atoms with Gasteiger partial charge in [-0.1, -0.05) is 0 Å². The highest BCUT2D eigenvalue weighted by Crippen LogP contribution is 2.36. The quantitative estimate of drug-likeness (QED) is 0.151. The maximum Gasteiger partial charge on any atom is 0.201 e. The van der Waals surface area contributed by atoms with Gasteiger partial charge in [-0.3, -0.25) is 4.79 Å². The summed E-state index contributed by atoms with van der Waals surface area (Å²) in [6.45, 7) is -0.941. The Labute approximate surface area is 187 Å². The molecule has 0 spiro atoms. The summed E-state index contributed by atoms with van der Waals surface area (Å²) in [5.74, 6) is -1.71. The van der Waals surface area contributed by atoms with E-state index in [-0.39, 0.29) is 0 Å². The lowest BCUT2D eigenvalue weighted by Gasteiger charge is -2.50. The molecule has 0 saturated carbocycles. The van der Waals surface area contributed by atoms with Gasteiger partial charge in [0.05, 0.1) is 19.3 Å². The number of ether oxygens (including phenoxy) is 2. The highest BCUT2D eigenvalue weighted by molar-refractivity contribution is 5.93. The summed E-state index contributed by atoms with van der Waals surface area (Å²) in [4.78, 5) is 13.4. The first-order valence-corrected chi connectivity index (χ1v) is 10.2. The normalized spacial score (nSPS) is 44.5. The number of carbonyl (C=O) groups excluding carboxylic acids is 1. The first kappa shape index (κ1) is 28.3. The number of carbonyl (C=O) groups is 1. The molecule has 2 aliphatic heterocycles. The molecule has 0 bridgehead atoms. The Morgan fingerprint density at radius 2 is 1.39 bits per heavy atom. The second-order valence-corrected chi connectivity index (χ2v) is 8.36. The Hall–Kier alpha value is -0.890. The SMILES string of the molecule is C[C@@H]1OC(C(=O)[C@@](O)(C2O[C@H](CO)[C@@H](O)[C@H](O)[C@@H]2O)[C@@H](O)[C@@H](O)[C@H](O)CO)[C@H](O)[C@H](O)[C@H]1O. The van der Waals surface area contributed by atoms with Crippen LogP contribution in [0.1, 0.15) is 6.92 Å². The van der Waals surface area contributed by atoms with E-state index in [4.69, 9.17) is 14.6 Å². The summed E-state index contributed by atoms with van der Waals surface area (Å²) < 4.78 is 10.3. The van der Waals surface area contributed by atoms with Crippen LogP contribution in [0.5, 0.6) is 0 Å². The van der Waals surface area contributed by atoms with Crippen molar-refractivity contribution in [3.05, 3.63) is 0 Å². The van der Waals surface area contributed by atoms with Crippen molar-refractivity contribution in [2.45, 2.75) is 91.9 Å². The van der Waals surface area contributed by atoms with Gasteiger partial charge in [0.1, 0.15) is 73.2 Å². The van der Waals surface area contributed by atoms with Crippen LogP contribution in [0.2, 0.25) is 0 Å². The van der Waals surface area contributed by atoms with Crippen molar-refractivity contribution < 1.29 is 75.5 Å². The third-order valence-electron chi connectivity index (χ3n) is 6.19. The van der Waals surface area contributed by atoms with E-state index >= 15 is 0 Å². The largest absolute Gasteiger partial charge is 0.394 e. The topological polar surface area (TPSA) is 278 Å². The number of Topliss-reactive ketones (excluding diaryl/α,β-unsaturated/α-hetero) is 1. The molecular formula is C18H32O15. The molecule has 0 aromatic heterocycles. The van der Waals surface area contributed by atoms with Gasteiger partial charge < -0.3 is 70.8 Å². The van der Waals surface area contributed by atoms with Crippen LogP contribution in [0.15, 0.2) is 0 Å². The lowest BCUT2D eigenvalue weighted by molar-refractivity contribution is -0.292. The number of ketones is 1. The number of aliphatic hydroxyl groups is 12. The van der Waals surface area contributed by atoms with Gasteiger partial charge >= 0.3 is 0 Å². The van der Waals surface area contributed by atoms with E-state index in [0.717, 1.165) is 0 Å². The average Bonchev–Trinajstić information content (AvgIpc) is 2.81. The maximum absolute atomic E-state index is 13.4. The van der Waals surface area contributed by atoms with E-state index in [2.05, 4.69) is 0 Å². The smallest absolute Gasteiger partial charge is 0.201 e. The maximum atomic E-state index is 13.4. The van der Waals surface area contributed by atoms with Crippen molar-refractivity contribution in [2.24, 2.45) is 0 Å². The third kappa shape index (κ3) is 4.93. The number of hydrogen-bond donors (Lipinski definition) is 12. The van der Waals surface area contributed by atoms with Crippen LogP contribution in [0.25, 0.3) is 0 Å². The zero-order valence-electron chi connectivity index (χ0n) is 17.5. The van der Waals surface area contributed by atoms with Gasteiger partial charge in [-0.25, -0.2) is 0 Å². The lowest BCUT2D eigenvalue weighted by atomic mass is 9.73. The molecule has 15 heteroatoms. The molecule has 2 saturated heterocycles. The Kier molecular flexibility index (Phi) is 9.28. The van der Waals surface area contributed by atoms with E-state index in [1.54, 1.807) is 0 Å². The van der Waals surface area contributed by atoms with E-state index in [0.29, 0.717) is 0 Å². The minimum absolute atomic E-state index is 0.992. The molecule has 0 aromatic carbocycles. The number of aliphatic hydroxyl groups excluding tert-OH is 11. The van der Waals surface area contributed by atoms with E-state index in [1.807, 2.05) is 0 Å². The highest BCUT2D eigenvalue weighted by Gasteiger charge is 2.64. The van der Waals surface area contributed by atoms with Crippen molar-refractivity contribution in [3.8, 4) is 0 Å². The third-order valence-corrected chi connectivity index (χ3v) is 6.19. The summed E-state index contributed by atoms with van der Waals surface area (Å²) in [5.41, 5.74) is -3.53. The molecular weight excluding hydrogens is 456 g/mol. The second kappa shape index (κ2) is 10.8. The van der Waals surface area contributed by atoms with Crippen LogP contribution in [0.3, 0.4) is 0 Å². The molecule has 2 fully saturated rings. The molecule has 0 aliphatic carbocycles. The molecule has 2 rings (SSSR count). The molecule has 194 valence electrons. The van der Waals surface area contributed by atoms with Crippen LogP contribution in [0.4, 0.5) is 0 Å². The van der Waals surface area contributed by atoms with E-state index < -0.39 is 104 Å². The summed E-state index contributed by atoms with van der Waals surface area (Å²) in [6.07, 6.45) is -27.1. The zero-order chi connectivity index (χ0) is 25.4. The van der Waals surface area contributed by atoms with Crippen molar-refractivity contribution in [2.75, 3.05) is 13.2 Å². The van der Waals surface area contributed by atoms with Crippen molar-refractivity contribution >= 4 is 5.78 Å². The minimum Gasteiger partial charge on any atom is -0.394 e. The summed E-state index contributed by atoms with van der Waals surface area (Å²) in [5, 5.41) is 121. The molecule has 0 amide bonds. The molecule has 33 heavy (non-hydrogen) atoms. The molecule has 2 aliphatic rings. The number of hydrogen-bond acceptors (Lipinski definition) is 15. The second-order valence-electron chi connectivity index (χ2n) is 8.36. The van der Waals surface area contributed by atoms with E-state index in [1.165, 1.54) is 6.92 Å². The Balaban J connectivity index is 2.56. The Morgan fingerprint density at radius 1 is 0.848 bits per heavy atom. The fraction of sp³-hybridized carbons (Fsp3) is 0.944. The summed E-state index contributed by atoms with van der Waals surface area (Å²) in [7, 11) is 0.